The summed E-state index contributed by atoms with van der Waals surface area (Å²) >= 11 is 0. The Kier molecular flexibility index (Phi) is 31.8. The fourth-order valence-electron chi connectivity index (χ4n) is 9.11. The molecule has 0 amide bonds. The van der Waals surface area contributed by atoms with Crippen LogP contribution in [0.5, 0.6) is 0 Å². The average molecular weight is 1080 g/mol. The molecule has 2 atom stereocenters. The lowest BCUT2D eigenvalue weighted by Crippen LogP contribution is -2.37. The lowest BCUT2D eigenvalue weighted by molar-refractivity contribution is -0.172. The third kappa shape index (κ3) is 26.4. The lowest BCUT2D eigenvalue weighted by atomic mass is 9.83. The first-order valence-corrected chi connectivity index (χ1v) is 29.2. The molecule has 0 aliphatic heterocycles. The maximum Gasteiger partial charge on any atom is 0.344 e. The van der Waals surface area contributed by atoms with E-state index < -0.39 is 22.8 Å². The molecule has 0 radical (unpaired) electrons. The Morgan fingerprint density at radius 2 is 0.724 bits per heavy atom. The zero-order chi connectivity index (χ0) is 57.6. The second-order valence-corrected chi connectivity index (χ2v) is 23.5. The Bertz CT molecular complexity index is 1780. The van der Waals surface area contributed by atoms with Crippen molar-refractivity contribution in [1.82, 2.24) is 0 Å². The third-order valence-corrected chi connectivity index (χ3v) is 16.2. The molecule has 4 saturated carbocycles. The summed E-state index contributed by atoms with van der Waals surface area (Å²) in [6, 6.07) is 0. The van der Waals surface area contributed by atoms with Gasteiger partial charge in [0.15, 0.2) is 13.2 Å². The van der Waals surface area contributed by atoms with E-state index in [1.165, 1.54) is 12.8 Å². The lowest BCUT2D eigenvalue weighted by Gasteiger charge is -2.36. The van der Waals surface area contributed by atoms with Crippen molar-refractivity contribution in [3.8, 4) is 0 Å². The predicted octanol–water partition coefficient (Wildman–Crippen LogP) is 12.9. The van der Waals surface area contributed by atoms with Gasteiger partial charge in [-0.1, -0.05) is 68.2 Å². The Balaban J connectivity index is 0.000000508. The van der Waals surface area contributed by atoms with Gasteiger partial charge in [0.2, 0.25) is 0 Å². The minimum atomic E-state index is -0.544. The van der Waals surface area contributed by atoms with Crippen molar-refractivity contribution in [2.75, 3.05) is 26.4 Å². The van der Waals surface area contributed by atoms with Gasteiger partial charge in [-0.3, -0.25) is 28.8 Å². The van der Waals surface area contributed by atoms with Crippen molar-refractivity contribution in [1.29, 1.82) is 0 Å². The van der Waals surface area contributed by atoms with Crippen LogP contribution in [-0.4, -0.2) is 96.6 Å². The Morgan fingerprint density at radius 1 is 0.408 bits per heavy atom. The van der Waals surface area contributed by atoms with E-state index in [9.17, 15) is 38.4 Å². The van der Waals surface area contributed by atoms with Gasteiger partial charge in [0.1, 0.15) is 35.6 Å². The van der Waals surface area contributed by atoms with Crippen LogP contribution in [0.15, 0.2) is 0 Å². The summed E-state index contributed by atoms with van der Waals surface area (Å²) in [6.07, 6.45) is 23.7. The van der Waals surface area contributed by atoms with Crippen LogP contribution in [0.3, 0.4) is 0 Å². The van der Waals surface area contributed by atoms with Gasteiger partial charge in [-0.25, -0.2) is 9.59 Å². The molecule has 4 aliphatic rings. The molecule has 0 aromatic carbocycles. The molecule has 16 nitrogen and oxygen atoms in total. The topological polar surface area (TPSA) is 210 Å². The highest BCUT2D eigenvalue weighted by Gasteiger charge is 2.37. The van der Waals surface area contributed by atoms with Crippen LogP contribution in [0.1, 0.15) is 264 Å². The standard InChI is InChI=1S/C17H30O4.C16H28O4.C14H24O4.C13H22O4/c1-5-16(3,4)15(19)20-13-10-14(18)21-17(6-2)11-8-7-9-12-17;1-4-13(3)15(18)19-12-9-14(17)20-16(5-2)10-7-6-8-11-16;1-5-13(2,3)12(16)17-10-11(15)18-14(4)8-6-7-9-14;1-4-10(2)12(15)16-9-11(14)17-13(3)7-5-6-8-13/h5-13H2,1-4H3;13H,4-12H2,1-3H3;5-10H2,1-4H3;10H,4-9H2,1-3H3. The van der Waals surface area contributed by atoms with E-state index in [4.69, 9.17) is 37.9 Å². The zero-order valence-electron chi connectivity index (χ0n) is 49.9. The van der Waals surface area contributed by atoms with E-state index in [0.717, 1.165) is 128 Å². The summed E-state index contributed by atoms with van der Waals surface area (Å²) in [5.41, 5.74) is -2.28. The van der Waals surface area contributed by atoms with Gasteiger partial charge >= 0.3 is 47.8 Å². The molecule has 16 heteroatoms. The minimum absolute atomic E-state index is 0.105. The SMILES string of the molecule is CCC(C)(C)C(=O)OCC(=O)OC1(C)CCCC1.CCC(C)C(=O)OCC(=O)OC1(C)CCCC1.CCC(C)C(=O)OCCC(=O)OC1(CC)CCCCC1.CCC1(OC(=O)CCOC(=O)C(C)(C)CC)CCCCC1. The molecule has 440 valence electrons. The minimum Gasteiger partial charge on any atom is -0.465 e. The molecular weight excluding hydrogens is 977 g/mol. The van der Waals surface area contributed by atoms with E-state index in [2.05, 4.69) is 13.8 Å². The van der Waals surface area contributed by atoms with Gasteiger partial charge in [0.25, 0.3) is 0 Å². The smallest absolute Gasteiger partial charge is 0.344 e. The van der Waals surface area contributed by atoms with Crippen LogP contribution >= 0.6 is 0 Å². The molecular formula is C60H104O16. The normalized spacial score (nSPS) is 18.8. The number of hydrogen-bond acceptors (Lipinski definition) is 16. The molecule has 0 aromatic heterocycles. The Labute approximate surface area is 457 Å². The molecule has 0 heterocycles. The van der Waals surface area contributed by atoms with E-state index in [1.807, 2.05) is 62.3 Å². The van der Waals surface area contributed by atoms with Crippen molar-refractivity contribution in [3.63, 3.8) is 0 Å². The summed E-state index contributed by atoms with van der Waals surface area (Å²) in [5.74, 6) is -2.81. The number of hydrogen-bond donors (Lipinski definition) is 0. The molecule has 0 spiro atoms. The van der Waals surface area contributed by atoms with Crippen LogP contribution in [-0.2, 0) is 76.3 Å². The number of ether oxygens (including phenoxy) is 8. The molecule has 4 rings (SSSR count). The Hall–Kier alpha value is -4.24. The van der Waals surface area contributed by atoms with Crippen molar-refractivity contribution >= 4 is 47.8 Å². The highest BCUT2D eigenvalue weighted by Crippen LogP contribution is 2.37. The maximum atomic E-state index is 12.0. The van der Waals surface area contributed by atoms with Crippen molar-refractivity contribution in [2.24, 2.45) is 22.7 Å². The van der Waals surface area contributed by atoms with E-state index >= 15 is 0 Å². The third-order valence-electron chi connectivity index (χ3n) is 16.2. The van der Waals surface area contributed by atoms with Gasteiger partial charge in [-0.15, -0.1) is 0 Å². The van der Waals surface area contributed by atoms with Crippen molar-refractivity contribution in [2.45, 2.75) is 286 Å². The highest BCUT2D eigenvalue weighted by atomic mass is 16.6. The quantitative estimate of drug-likeness (QED) is 0.0650. The zero-order valence-corrected chi connectivity index (χ0v) is 49.9. The monoisotopic (exact) mass is 1080 g/mol. The summed E-state index contributed by atoms with van der Waals surface area (Å²) in [4.78, 5) is 93.3. The molecule has 76 heavy (non-hydrogen) atoms. The second-order valence-electron chi connectivity index (χ2n) is 23.5. The molecule has 4 aliphatic carbocycles. The van der Waals surface area contributed by atoms with E-state index in [0.29, 0.717) is 12.8 Å². The van der Waals surface area contributed by atoms with E-state index in [1.54, 1.807) is 20.8 Å². The molecule has 0 N–H and O–H groups in total. The highest BCUT2D eigenvalue weighted by molar-refractivity contribution is 5.80. The van der Waals surface area contributed by atoms with Crippen LogP contribution in [0.25, 0.3) is 0 Å². The first-order valence-electron chi connectivity index (χ1n) is 29.2. The number of carbonyl (C=O) groups is 8. The van der Waals surface area contributed by atoms with Crippen LogP contribution in [0, 0.1) is 22.7 Å². The van der Waals surface area contributed by atoms with Crippen LogP contribution < -0.4 is 0 Å². The molecule has 2 unspecified atom stereocenters. The van der Waals surface area contributed by atoms with Crippen LogP contribution in [0.2, 0.25) is 0 Å². The molecule has 0 aromatic rings. The summed E-state index contributed by atoms with van der Waals surface area (Å²) in [7, 11) is 0. The number of esters is 8. The van der Waals surface area contributed by atoms with Gasteiger partial charge in [-0.2, -0.15) is 0 Å². The molecule has 0 bridgehead atoms. The fraction of sp³-hybridized carbons (Fsp3) is 0.867. The van der Waals surface area contributed by atoms with Crippen molar-refractivity contribution in [3.05, 3.63) is 0 Å². The second kappa shape index (κ2) is 34.6. The summed E-state index contributed by atoms with van der Waals surface area (Å²) in [6.45, 7) is 26.3. The van der Waals surface area contributed by atoms with Gasteiger partial charge in [0, 0.05) is 0 Å². The number of carbonyl (C=O) groups excluding carboxylic acids is 8. The number of rotatable bonds is 24. The summed E-state index contributed by atoms with van der Waals surface area (Å²) in [5, 5.41) is 0. The van der Waals surface area contributed by atoms with Crippen molar-refractivity contribution < 1.29 is 76.3 Å². The largest absolute Gasteiger partial charge is 0.465 e. The van der Waals surface area contributed by atoms with Gasteiger partial charge < -0.3 is 37.9 Å². The fourth-order valence-corrected chi connectivity index (χ4v) is 9.11. The average Bonchev–Trinajstić information content (AvgIpc) is 4.04. The first kappa shape index (κ1) is 69.8. The van der Waals surface area contributed by atoms with Crippen LogP contribution in [0.4, 0.5) is 0 Å². The Morgan fingerprint density at radius 3 is 1.07 bits per heavy atom. The molecule has 0 saturated heterocycles. The predicted molar refractivity (Wildman–Crippen MR) is 290 cm³/mol. The summed E-state index contributed by atoms with van der Waals surface area (Å²) < 4.78 is 42.2. The van der Waals surface area contributed by atoms with E-state index in [-0.39, 0.29) is 109 Å². The van der Waals surface area contributed by atoms with Gasteiger partial charge in [0.05, 0.1) is 35.5 Å². The van der Waals surface area contributed by atoms with Gasteiger partial charge in [-0.05, 0) is 183 Å². The maximum absolute atomic E-state index is 12.0. The molecule has 4 fully saturated rings. The first-order chi connectivity index (χ1) is 35.6.